The van der Waals surface area contributed by atoms with Gasteiger partial charge in [-0.3, -0.25) is 4.79 Å². The van der Waals surface area contributed by atoms with E-state index >= 15 is 0 Å². The average Bonchev–Trinajstić information content (AvgIpc) is 3.04. The summed E-state index contributed by atoms with van der Waals surface area (Å²) in [6.07, 6.45) is 1.55. The minimum absolute atomic E-state index is 0.371. The molecule has 0 aromatic heterocycles. The molecule has 7 heteroatoms. The van der Waals surface area contributed by atoms with Crippen LogP contribution in [0.5, 0.6) is 23.0 Å². The lowest BCUT2D eigenvalue weighted by Gasteiger charge is -2.13. The predicted octanol–water partition coefficient (Wildman–Crippen LogP) is 7.17. The van der Waals surface area contributed by atoms with Gasteiger partial charge in [-0.2, -0.15) is 5.10 Å². The number of fused-ring (bicyclic) bond motifs is 1. The minimum atomic E-state index is -0.371. The first kappa shape index (κ1) is 28.2. The molecule has 212 valence electrons. The number of carbonyl (C=O) groups is 1. The minimum Gasteiger partial charge on any atom is -0.493 e. The smallest absolute Gasteiger partial charge is 0.271 e. The molecule has 5 aromatic rings. The molecule has 0 saturated carbocycles. The monoisotopic (exact) mass is 560 g/mol. The van der Waals surface area contributed by atoms with E-state index in [9.17, 15) is 4.79 Å². The Morgan fingerprint density at radius 2 is 1.48 bits per heavy atom. The molecule has 5 rings (SSSR count). The van der Waals surface area contributed by atoms with Crippen LogP contribution >= 0.6 is 0 Å². The Balaban J connectivity index is 1.21. The summed E-state index contributed by atoms with van der Waals surface area (Å²) in [7, 11) is 1.59. The van der Waals surface area contributed by atoms with Crippen molar-refractivity contribution in [3.63, 3.8) is 0 Å². The number of benzene rings is 5. The summed E-state index contributed by atoms with van der Waals surface area (Å²) in [5.41, 5.74) is 5.84. The number of methoxy groups -OCH3 is 1. The molecule has 42 heavy (non-hydrogen) atoms. The Kier molecular flexibility index (Phi) is 9.31. The van der Waals surface area contributed by atoms with Crippen molar-refractivity contribution in [1.82, 2.24) is 5.43 Å². The number of hydrazone groups is 1. The molecule has 0 saturated heterocycles. The maximum absolute atomic E-state index is 12.8. The molecule has 0 atom stereocenters. The van der Waals surface area contributed by atoms with Crippen LogP contribution in [0.25, 0.3) is 10.8 Å². The number of amides is 1. The normalized spacial score (nSPS) is 10.9. The number of hydrogen-bond donors (Lipinski definition) is 1. The molecule has 7 nitrogen and oxygen atoms in total. The van der Waals surface area contributed by atoms with Crippen molar-refractivity contribution in [3.05, 3.63) is 131 Å². The zero-order chi connectivity index (χ0) is 29.1. The van der Waals surface area contributed by atoms with Crippen LogP contribution in [-0.2, 0) is 13.2 Å². The summed E-state index contributed by atoms with van der Waals surface area (Å²) < 4.78 is 23.3. The first-order valence-electron chi connectivity index (χ1n) is 13.7. The zero-order valence-corrected chi connectivity index (χ0v) is 23.6. The molecule has 0 aliphatic rings. The Morgan fingerprint density at radius 1 is 0.738 bits per heavy atom. The summed E-state index contributed by atoms with van der Waals surface area (Å²) in [5, 5.41) is 6.45. The van der Waals surface area contributed by atoms with Crippen LogP contribution in [0.1, 0.15) is 34.0 Å². The molecule has 1 N–H and O–H groups in total. The number of ether oxygens (including phenoxy) is 4. The van der Waals surface area contributed by atoms with Crippen LogP contribution in [0.4, 0.5) is 0 Å². The van der Waals surface area contributed by atoms with E-state index in [1.165, 1.54) is 5.39 Å². The van der Waals surface area contributed by atoms with Crippen molar-refractivity contribution >= 4 is 22.9 Å². The summed E-state index contributed by atoms with van der Waals surface area (Å²) in [5.74, 6) is 1.87. The van der Waals surface area contributed by atoms with Gasteiger partial charge in [0.25, 0.3) is 5.91 Å². The lowest BCUT2D eigenvalue weighted by atomic mass is 10.1. The highest BCUT2D eigenvalue weighted by atomic mass is 16.5. The average molecular weight is 561 g/mol. The highest BCUT2D eigenvalue weighted by molar-refractivity contribution is 5.95. The molecule has 1 amide bonds. The van der Waals surface area contributed by atoms with E-state index in [0.717, 1.165) is 22.1 Å². The van der Waals surface area contributed by atoms with Gasteiger partial charge in [-0.05, 0) is 70.8 Å². The summed E-state index contributed by atoms with van der Waals surface area (Å²) in [6.45, 7) is 3.12. The van der Waals surface area contributed by atoms with Gasteiger partial charge in [-0.1, -0.05) is 72.8 Å². The molecule has 0 spiro atoms. The van der Waals surface area contributed by atoms with Crippen LogP contribution in [0.15, 0.2) is 114 Å². The third-order valence-corrected chi connectivity index (χ3v) is 6.57. The maximum Gasteiger partial charge on any atom is 0.271 e. The number of nitrogens with one attached hydrogen (secondary N) is 1. The largest absolute Gasteiger partial charge is 0.493 e. The summed E-state index contributed by atoms with van der Waals surface area (Å²) in [6, 6.07) is 34.8. The fourth-order valence-electron chi connectivity index (χ4n) is 4.46. The second-order valence-corrected chi connectivity index (χ2v) is 9.41. The number of nitrogens with zero attached hydrogens (tertiary/aromatic N) is 1. The summed E-state index contributed by atoms with van der Waals surface area (Å²) >= 11 is 0. The first-order valence-corrected chi connectivity index (χ1v) is 13.7. The second kappa shape index (κ2) is 13.9. The maximum atomic E-state index is 12.8. The van der Waals surface area contributed by atoms with Crippen LogP contribution in [-0.4, -0.2) is 25.8 Å². The molecule has 5 aromatic carbocycles. The van der Waals surface area contributed by atoms with Crippen LogP contribution < -0.4 is 24.4 Å². The van der Waals surface area contributed by atoms with Gasteiger partial charge in [0.2, 0.25) is 0 Å². The lowest BCUT2D eigenvalue weighted by Crippen LogP contribution is -2.17. The quantitative estimate of drug-likeness (QED) is 0.129. The molecular weight excluding hydrogens is 528 g/mol. The molecule has 0 unspecified atom stereocenters. The number of rotatable bonds is 12. The van der Waals surface area contributed by atoms with Crippen LogP contribution in [0.3, 0.4) is 0 Å². The highest BCUT2D eigenvalue weighted by Gasteiger charge is 2.12. The van der Waals surface area contributed by atoms with Crippen molar-refractivity contribution < 1.29 is 23.7 Å². The number of carbonyl (C=O) groups excluding carboxylic acids is 1. The second-order valence-electron chi connectivity index (χ2n) is 9.41. The standard InChI is InChI=1S/C35H32N2O5/c1-3-40-34-21-28(17-19-32(34)41-23-25-10-5-4-6-11-25)35(38)37-36-22-26-16-18-31(33(20-26)39-2)42-24-29-14-9-13-27-12-7-8-15-30(27)29/h4-22H,3,23-24H2,1-2H3,(H,37,38)/b36-22+. The van der Waals surface area contributed by atoms with Gasteiger partial charge >= 0.3 is 0 Å². The van der Waals surface area contributed by atoms with Crippen molar-refractivity contribution in [2.24, 2.45) is 5.10 Å². The van der Waals surface area contributed by atoms with Crippen molar-refractivity contribution in [3.8, 4) is 23.0 Å². The Bertz CT molecular complexity index is 1680. The van der Waals surface area contributed by atoms with E-state index in [2.05, 4.69) is 34.8 Å². The van der Waals surface area contributed by atoms with Crippen LogP contribution in [0, 0.1) is 0 Å². The lowest BCUT2D eigenvalue weighted by molar-refractivity contribution is 0.0954. The third kappa shape index (κ3) is 7.06. The van der Waals surface area contributed by atoms with Crippen molar-refractivity contribution in [2.75, 3.05) is 13.7 Å². The van der Waals surface area contributed by atoms with E-state index in [4.69, 9.17) is 18.9 Å². The van der Waals surface area contributed by atoms with Crippen LogP contribution in [0.2, 0.25) is 0 Å². The highest BCUT2D eigenvalue weighted by Crippen LogP contribution is 2.30. The molecule has 0 bridgehead atoms. The van der Waals surface area contributed by atoms with Gasteiger partial charge in [-0.15, -0.1) is 0 Å². The summed E-state index contributed by atoms with van der Waals surface area (Å²) in [4.78, 5) is 12.8. The molecule has 0 aliphatic heterocycles. The van der Waals surface area contributed by atoms with Crippen molar-refractivity contribution in [1.29, 1.82) is 0 Å². The predicted molar refractivity (Wildman–Crippen MR) is 165 cm³/mol. The van der Waals surface area contributed by atoms with Crippen molar-refractivity contribution in [2.45, 2.75) is 20.1 Å². The zero-order valence-electron chi connectivity index (χ0n) is 23.6. The van der Waals surface area contributed by atoms with E-state index in [-0.39, 0.29) is 5.91 Å². The Morgan fingerprint density at radius 3 is 2.31 bits per heavy atom. The van der Waals surface area contributed by atoms with E-state index in [1.807, 2.05) is 67.6 Å². The first-order chi connectivity index (χ1) is 20.6. The Labute approximate surface area is 245 Å². The van der Waals surface area contributed by atoms with Gasteiger partial charge in [-0.25, -0.2) is 5.43 Å². The molecule has 0 radical (unpaired) electrons. The molecule has 0 heterocycles. The Hall–Kier alpha value is -5.30. The van der Waals surface area contributed by atoms with E-state index in [1.54, 1.807) is 37.6 Å². The topological polar surface area (TPSA) is 78.4 Å². The van der Waals surface area contributed by atoms with Gasteiger partial charge in [0.15, 0.2) is 23.0 Å². The fourth-order valence-corrected chi connectivity index (χ4v) is 4.46. The van der Waals surface area contributed by atoms with Gasteiger partial charge in [0.1, 0.15) is 13.2 Å². The van der Waals surface area contributed by atoms with Gasteiger partial charge in [0, 0.05) is 5.56 Å². The van der Waals surface area contributed by atoms with Gasteiger partial charge < -0.3 is 18.9 Å². The van der Waals surface area contributed by atoms with E-state index < -0.39 is 0 Å². The molecular formula is C35H32N2O5. The third-order valence-electron chi connectivity index (χ3n) is 6.57. The van der Waals surface area contributed by atoms with E-state index in [0.29, 0.717) is 48.4 Å². The fraction of sp³-hybridized carbons (Fsp3) is 0.143. The SMILES string of the molecule is CCOc1cc(C(=O)N/N=C/c2ccc(OCc3cccc4ccccc34)c(OC)c2)ccc1OCc1ccccc1. The number of hydrogen-bond acceptors (Lipinski definition) is 6. The molecule has 0 aliphatic carbocycles. The molecule has 0 fully saturated rings. The van der Waals surface area contributed by atoms with Gasteiger partial charge in [0.05, 0.1) is 19.9 Å².